The van der Waals surface area contributed by atoms with Gasteiger partial charge in [-0.15, -0.1) is 0 Å². The molecule has 40 heavy (non-hydrogen) atoms. The van der Waals surface area contributed by atoms with Crippen LogP contribution in [0.25, 0.3) is 0 Å². The molecule has 0 unspecified atom stereocenters. The fourth-order valence-corrected chi connectivity index (χ4v) is 5.52. The van der Waals surface area contributed by atoms with Gasteiger partial charge in [0.15, 0.2) is 0 Å². The van der Waals surface area contributed by atoms with Gasteiger partial charge >= 0.3 is 12.1 Å². The third-order valence-corrected chi connectivity index (χ3v) is 8.06. The van der Waals surface area contributed by atoms with Crippen molar-refractivity contribution in [2.24, 2.45) is 41.2 Å². The maximum absolute atomic E-state index is 11.6. The Hall–Kier alpha value is -2.42. The van der Waals surface area contributed by atoms with E-state index in [2.05, 4.69) is 6.58 Å². The second-order valence-electron chi connectivity index (χ2n) is 11.9. The molecule has 0 aromatic rings. The zero-order valence-electron chi connectivity index (χ0n) is 25.4. The zero-order chi connectivity index (χ0) is 30.6. The predicted molar refractivity (Wildman–Crippen MR) is 158 cm³/mol. The van der Waals surface area contributed by atoms with Crippen LogP contribution in [0.1, 0.15) is 74.1 Å². The molecule has 5 N–H and O–H groups in total. The van der Waals surface area contributed by atoms with Gasteiger partial charge in [-0.2, -0.15) is 0 Å². The van der Waals surface area contributed by atoms with E-state index >= 15 is 0 Å². The van der Waals surface area contributed by atoms with Crippen molar-refractivity contribution in [1.82, 2.24) is 0 Å². The number of hydrogen-bond acceptors (Lipinski definition) is 7. The Kier molecular flexibility index (Phi) is 15.5. The SMILES string of the molecule is C=C/C=C\[C@H](C)[C@H](OC(N)=O)[C@@H](C)[C@H](O)[C@@H](C)C/C(C)=C\[C@H](C)[C@@H](O)[C@@H](C)/C=C\[C@@H](O)C[C@@H]1OC(=O)CC[C@H]1C. The largest absolute Gasteiger partial charge is 0.462 e. The number of allylic oxidation sites excluding steroid dienone is 3. The van der Waals surface area contributed by atoms with Crippen LogP contribution in [0.2, 0.25) is 0 Å². The van der Waals surface area contributed by atoms with Crippen molar-refractivity contribution in [2.45, 2.75) is 105 Å². The summed E-state index contributed by atoms with van der Waals surface area (Å²) in [5.74, 6) is -1.03. The number of primary amides is 1. The molecular weight excluding hydrogens is 510 g/mol. The van der Waals surface area contributed by atoms with Crippen molar-refractivity contribution in [3.63, 3.8) is 0 Å². The number of cyclic esters (lactones) is 1. The lowest BCUT2D eigenvalue weighted by Crippen LogP contribution is -2.41. The molecule has 1 saturated heterocycles. The fourth-order valence-electron chi connectivity index (χ4n) is 5.52. The maximum atomic E-state index is 11.6. The van der Waals surface area contributed by atoms with Crippen LogP contribution in [0, 0.1) is 35.5 Å². The molecule has 1 rings (SSSR count). The van der Waals surface area contributed by atoms with Gasteiger partial charge in [0.25, 0.3) is 0 Å². The van der Waals surface area contributed by atoms with Gasteiger partial charge in [0.05, 0.1) is 18.3 Å². The zero-order valence-corrected chi connectivity index (χ0v) is 25.4. The number of ether oxygens (including phenoxy) is 2. The number of carbonyl (C=O) groups excluding carboxylic acids is 2. The highest BCUT2D eigenvalue weighted by atomic mass is 16.6. The van der Waals surface area contributed by atoms with Crippen LogP contribution in [-0.4, -0.2) is 57.9 Å². The summed E-state index contributed by atoms with van der Waals surface area (Å²) >= 11 is 0. The van der Waals surface area contributed by atoms with Crippen LogP contribution in [0.3, 0.4) is 0 Å². The van der Waals surface area contributed by atoms with Gasteiger partial charge in [-0.3, -0.25) is 4.79 Å². The smallest absolute Gasteiger partial charge is 0.404 e. The van der Waals surface area contributed by atoms with Crippen molar-refractivity contribution in [1.29, 1.82) is 0 Å². The van der Waals surface area contributed by atoms with E-state index in [1.165, 1.54) is 0 Å². The quantitative estimate of drug-likeness (QED) is 0.117. The number of esters is 1. The molecule has 8 heteroatoms. The third kappa shape index (κ3) is 12.0. The van der Waals surface area contributed by atoms with Crippen LogP contribution in [0.5, 0.6) is 0 Å². The molecular formula is C32H53NO7. The van der Waals surface area contributed by atoms with E-state index in [4.69, 9.17) is 15.2 Å². The average molecular weight is 564 g/mol. The second kappa shape index (κ2) is 17.4. The van der Waals surface area contributed by atoms with Gasteiger partial charge in [-0.1, -0.05) is 90.2 Å². The van der Waals surface area contributed by atoms with Gasteiger partial charge in [-0.25, -0.2) is 4.79 Å². The molecule has 1 fully saturated rings. The molecule has 0 radical (unpaired) electrons. The highest BCUT2D eigenvalue weighted by Crippen LogP contribution is 2.29. The molecule has 0 spiro atoms. The van der Waals surface area contributed by atoms with Crippen molar-refractivity contribution in [3.8, 4) is 0 Å². The number of rotatable bonds is 16. The molecule has 11 atom stereocenters. The van der Waals surface area contributed by atoms with Crippen LogP contribution in [0.15, 0.2) is 48.6 Å². The van der Waals surface area contributed by atoms with Gasteiger partial charge in [0.2, 0.25) is 0 Å². The van der Waals surface area contributed by atoms with Crippen molar-refractivity contribution < 1.29 is 34.4 Å². The molecule has 8 nitrogen and oxygen atoms in total. The molecule has 0 bridgehead atoms. The fraction of sp³-hybridized carbons (Fsp3) is 0.688. The van der Waals surface area contributed by atoms with Gasteiger partial charge < -0.3 is 30.5 Å². The molecule has 1 amide bonds. The van der Waals surface area contributed by atoms with E-state index in [1.807, 2.05) is 60.6 Å². The van der Waals surface area contributed by atoms with Gasteiger partial charge in [0, 0.05) is 36.5 Å². The summed E-state index contributed by atoms with van der Waals surface area (Å²) in [6.45, 7) is 17.2. The minimum Gasteiger partial charge on any atom is -0.462 e. The van der Waals surface area contributed by atoms with Crippen LogP contribution in [-0.2, 0) is 14.3 Å². The molecule has 1 heterocycles. The van der Waals surface area contributed by atoms with Crippen molar-refractivity contribution >= 4 is 12.1 Å². The van der Waals surface area contributed by atoms with Crippen LogP contribution >= 0.6 is 0 Å². The van der Waals surface area contributed by atoms with Crippen LogP contribution in [0.4, 0.5) is 4.79 Å². The second-order valence-corrected chi connectivity index (χ2v) is 11.9. The highest BCUT2D eigenvalue weighted by Gasteiger charge is 2.33. The number of aliphatic hydroxyl groups is 3. The monoisotopic (exact) mass is 563 g/mol. The summed E-state index contributed by atoms with van der Waals surface area (Å²) in [5, 5.41) is 32.4. The Balaban J connectivity index is 2.73. The Bertz CT molecular complexity index is 898. The summed E-state index contributed by atoms with van der Waals surface area (Å²) in [6.07, 6.45) is 8.94. The first-order valence-corrected chi connectivity index (χ1v) is 14.5. The summed E-state index contributed by atoms with van der Waals surface area (Å²) in [6, 6.07) is 0. The van der Waals surface area contributed by atoms with Crippen molar-refractivity contribution in [3.05, 3.63) is 48.6 Å². The molecule has 0 aromatic heterocycles. The maximum Gasteiger partial charge on any atom is 0.404 e. The van der Waals surface area contributed by atoms with E-state index in [0.29, 0.717) is 19.3 Å². The summed E-state index contributed by atoms with van der Waals surface area (Å²) in [7, 11) is 0. The first kappa shape index (κ1) is 35.6. The normalized spacial score (nSPS) is 25.4. The van der Waals surface area contributed by atoms with E-state index < -0.39 is 30.5 Å². The van der Waals surface area contributed by atoms with E-state index in [-0.39, 0.29) is 47.6 Å². The summed E-state index contributed by atoms with van der Waals surface area (Å²) in [4.78, 5) is 23.1. The molecule has 1 aliphatic rings. The lowest BCUT2D eigenvalue weighted by Gasteiger charge is -2.33. The number of nitrogens with two attached hydrogens (primary N) is 1. The Morgan fingerprint density at radius 3 is 2.33 bits per heavy atom. The highest BCUT2D eigenvalue weighted by molar-refractivity contribution is 5.70. The van der Waals surface area contributed by atoms with Gasteiger partial charge in [-0.05, 0) is 31.6 Å². The first-order chi connectivity index (χ1) is 18.7. The number of carbonyl (C=O) groups is 2. The Morgan fingerprint density at radius 2 is 1.73 bits per heavy atom. The lowest BCUT2D eigenvalue weighted by molar-refractivity contribution is -0.159. The Labute approximate surface area is 241 Å². The lowest BCUT2D eigenvalue weighted by atomic mass is 9.81. The number of amides is 1. The van der Waals surface area contributed by atoms with E-state index in [9.17, 15) is 24.9 Å². The molecule has 0 aliphatic carbocycles. The standard InChI is InChI=1S/C32H53NO7/c1-9-10-11-22(5)31(40-32(33)38)25(8)30(37)24(7)17-19(2)16-23(6)29(36)21(4)12-14-26(34)18-27-20(3)13-15-28(35)39-27/h9-12,14,16,20-27,29-31,34,36-37H,1,13,15,17-18H2,2-8H3,(H2,33,38)/b11-10-,14-12-,19-16-/t20-,21+,22+,23+,24+,25+,26-,27+,29+,30-,31+/m1/s1. The summed E-state index contributed by atoms with van der Waals surface area (Å²) in [5.41, 5.74) is 6.33. The first-order valence-electron chi connectivity index (χ1n) is 14.5. The van der Waals surface area contributed by atoms with E-state index in [0.717, 1.165) is 12.0 Å². The van der Waals surface area contributed by atoms with E-state index in [1.54, 1.807) is 24.3 Å². The van der Waals surface area contributed by atoms with Crippen molar-refractivity contribution in [2.75, 3.05) is 0 Å². The Morgan fingerprint density at radius 1 is 1.07 bits per heavy atom. The molecule has 1 aliphatic heterocycles. The predicted octanol–water partition coefficient (Wildman–Crippen LogP) is 5.08. The minimum absolute atomic E-state index is 0.131. The molecule has 0 aromatic carbocycles. The topological polar surface area (TPSA) is 139 Å². The molecule has 228 valence electrons. The molecule has 0 saturated carbocycles. The number of hydrogen-bond donors (Lipinski definition) is 4. The minimum atomic E-state index is -0.878. The van der Waals surface area contributed by atoms with Gasteiger partial charge in [0.1, 0.15) is 12.2 Å². The average Bonchev–Trinajstić information content (AvgIpc) is 2.89. The number of aliphatic hydroxyl groups excluding tert-OH is 3. The third-order valence-electron chi connectivity index (χ3n) is 8.06. The van der Waals surface area contributed by atoms with Crippen LogP contribution < -0.4 is 5.73 Å². The summed E-state index contributed by atoms with van der Waals surface area (Å²) < 4.78 is 10.7.